The van der Waals surface area contributed by atoms with Crippen molar-refractivity contribution in [3.8, 4) is 0 Å². The number of nitrogens with one attached hydrogen (secondary N) is 1. The Morgan fingerprint density at radius 1 is 1.07 bits per heavy atom. The number of benzene rings is 1. The van der Waals surface area contributed by atoms with Gasteiger partial charge < -0.3 is 15.3 Å². The van der Waals surface area contributed by atoms with Crippen LogP contribution in [0.5, 0.6) is 0 Å². The molecule has 1 atom stereocenters. The van der Waals surface area contributed by atoms with Gasteiger partial charge in [0.15, 0.2) is 0 Å². The number of nitrogens with zero attached hydrogens (tertiary/aromatic N) is 1. The smallest absolute Gasteiger partial charge is 0.305 e. The Bertz CT molecular complexity index is 593. The largest absolute Gasteiger partial charge is 0.481 e. The third-order valence-corrected chi connectivity index (χ3v) is 4.63. The standard InChI is InChI=1S/C22H35FN2O3/c1-25(2)17-20(16-22(27)28)24-21(26)14-9-7-5-3-4-6-8-11-18-12-10-13-19(23)15-18/h10,12-13,15,20H,3-9,11,14,16-17H2,1-2H3,(H,24,26)(H,27,28)/t20-/m1/s1. The molecule has 0 aliphatic rings. The molecule has 1 aromatic rings. The second kappa shape index (κ2) is 14.1. The molecule has 0 spiro atoms. The minimum atomic E-state index is -0.899. The van der Waals surface area contributed by atoms with Gasteiger partial charge in [-0.1, -0.05) is 44.2 Å². The van der Waals surface area contributed by atoms with E-state index in [1.54, 1.807) is 12.1 Å². The molecule has 1 amide bonds. The second-order valence-electron chi connectivity index (χ2n) is 7.73. The summed E-state index contributed by atoms with van der Waals surface area (Å²) in [6.07, 6.45) is 8.76. The van der Waals surface area contributed by atoms with Crippen molar-refractivity contribution in [1.29, 1.82) is 0 Å². The molecule has 5 nitrogen and oxygen atoms in total. The summed E-state index contributed by atoms with van der Waals surface area (Å²) < 4.78 is 13.1. The van der Waals surface area contributed by atoms with Crippen LogP contribution in [0.25, 0.3) is 0 Å². The summed E-state index contributed by atoms with van der Waals surface area (Å²) in [5.41, 5.74) is 1.06. The lowest BCUT2D eigenvalue weighted by Gasteiger charge is -2.20. The fourth-order valence-electron chi connectivity index (χ4n) is 3.30. The second-order valence-corrected chi connectivity index (χ2v) is 7.73. The molecule has 0 bridgehead atoms. The summed E-state index contributed by atoms with van der Waals surface area (Å²) in [6, 6.07) is 6.44. The summed E-state index contributed by atoms with van der Waals surface area (Å²) in [5, 5.41) is 11.8. The number of unbranched alkanes of at least 4 members (excludes halogenated alkanes) is 6. The van der Waals surface area contributed by atoms with Gasteiger partial charge in [-0.3, -0.25) is 9.59 Å². The van der Waals surface area contributed by atoms with Gasteiger partial charge in [0.25, 0.3) is 0 Å². The number of halogens is 1. The van der Waals surface area contributed by atoms with E-state index in [1.807, 2.05) is 25.1 Å². The number of aryl methyl sites for hydroxylation is 1. The van der Waals surface area contributed by atoms with Crippen molar-refractivity contribution in [2.45, 2.75) is 70.3 Å². The number of carbonyl (C=O) groups is 2. The monoisotopic (exact) mass is 394 g/mol. The lowest BCUT2D eigenvalue weighted by Crippen LogP contribution is -2.42. The number of amides is 1. The highest BCUT2D eigenvalue weighted by molar-refractivity contribution is 5.77. The molecule has 6 heteroatoms. The number of likely N-dealkylation sites (N-methyl/N-ethyl adjacent to an activating group) is 1. The van der Waals surface area contributed by atoms with Gasteiger partial charge in [0.1, 0.15) is 5.82 Å². The average molecular weight is 395 g/mol. The molecule has 0 aliphatic carbocycles. The van der Waals surface area contributed by atoms with Crippen LogP contribution in [-0.2, 0) is 16.0 Å². The van der Waals surface area contributed by atoms with Gasteiger partial charge in [-0.05, 0) is 51.1 Å². The van der Waals surface area contributed by atoms with Crippen molar-refractivity contribution in [3.05, 3.63) is 35.6 Å². The Morgan fingerprint density at radius 2 is 1.71 bits per heavy atom. The summed E-state index contributed by atoms with van der Waals surface area (Å²) in [7, 11) is 3.72. The van der Waals surface area contributed by atoms with Crippen molar-refractivity contribution in [1.82, 2.24) is 10.2 Å². The fourth-order valence-corrected chi connectivity index (χ4v) is 3.30. The molecule has 0 unspecified atom stereocenters. The molecule has 0 aliphatic heterocycles. The summed E-state index contributed by atoms with van der Waals surface area (Å²) in [4.78, 5) is 24.8. The van der Waals surface area contributed by atoms with Crippen LogP contribution < -0.4 is 5.32 Å². The van der Waals surface area contributed by atoms with Crippen LogP contribution >= 0.6 is 0 Å². The first-order chi connectivity index (χ1) is 13.4. The van der Waals surface area contributed by atoms with Crippen molar-refractivity contribution in [3.63, 3.8) is 0 Å². The van der Waals surface area contributed by atoms with E-state index < -0.39 is 5.97 Å². The Labute approximate surface area is 168 Å². The molecule has 1 rings (SSSR count). The first kappa shape index (κ1) is 24.1. The van der Waals surface area contributed by atoms with Crippen LogP contribution in [0.1, 0.15) is 63.4 Å². The molecule has 28 heavy (non-hydrogen) atoms. The van der Waals surface area contributed by atoms with E-state index in [1.165, 1.54) is 6.07 Å². The molecular weight excluding hydrogens is 359 g/mol. The number of carbonyl (C=O) groups excluding carboxylic acids is 1. The SMILES string of the molecule is CN(C)C[C@@H](CC(=O)O)NC(=O)CCCCCCCCCc1cccc(F)c1. The number of carboxylic acids is 1. The van der Waals surface area contributed by atoms with E-state index in [2.05, 4.69) is 5.32 Å². The fraction of sp³-hybridized carbons (Fsp3) is 0.636. The van der Waals surface area contributed by atoms with E-state index in [0.29, 0.717) is 13.0 Å². The molecule has 0 heterocycles. The molecule has 0 saturated carbocycles. The molecular formula is C22H35FN2O3. The van der Waals surface area contributed by atoms with Crippen LogP contribution in [0.4, 0.5) is 4.39 Å². The highest BCUT2D eigenvalue weighted by Gasteiger charge is 2.16. The number of rotatable bonds is 15. The van der Waals surface area contributed by atoms with Gasteiger partial charge >= 0.3 is 5.97 Å². The predicted molar refractivity (Wildman–Crippen MR) is 110 cm³/mol. The molecule has 0 radical (unpaired) electrons. The highest BCUT2D eigenvalue weighted by Crippen LogP contribution is 2.12. The van der Waals surface area contributed by atoms with Gasteiger partial charge in [-0.2, -0.15) is 0 Å². The van der Waals surface area contributed by atoms with Gasteiger partial charge in [-0.25, -0.2) is 4.39 Å². The molecule has 2 N–H and O–H groups in total. The van der Waals surface area contributed by atoms with Crippen molar-refractivity contribution in [2.75, 3.05) is 20.6 Å². The summed E-state index contributed by atoms with van der Waals surface area (Å²) >= 11 is 0. The molecule has 158 valence electrons. The Kier molecular flexibility index (Phi) is 12.1. The normalized spacial score (nSPS) is 12.1. The maximum atomic E-state index is 13.1. The maximum Gasteiger partial charge on any atom is 0.305 e. The van der Waals surface area contributed by atoms with Crippen LogP contribution in [-0.4, -0.2) is 48.6 Å². The van der Waals surface area contributed by atoms with Gasteiger partial charge in [0.2, 0.25) is 5.91 Å². The quantitative estimate of drug-likeness (QED) is 0.441. The minimum Gasteiger partial charge on any atom is -0.481 e. The van der Waals surface area contributed by atoms with Gasteiger partial charge in [0, 0.05) is 13.0 Å². The van der Waals surface area contributed by atoms with Crippen LogP contribution in [0.15, 0.2) is 24.3 Å². The zero-order valence-corrected chi connectivity index (χ0v) is 17.3. The first-order valence-electron chi connectivity index (χ1n) is 10.3. The van der Waals surface area contributed by atoms with E-state index in [0.717, 1.165) is 56.9 Å². The topological polar surface area (TPSA) is 69.6 Å². The highest BCUT2D eigenvalue weighted by atomic mass is 19.1. The zero-order chi connectivity index (χ0) is 20.8. The summed E-state index contributed by atoms with van der Waals surface area (Å²) in [5.74, 6) is -1.13. The van der Waals surface area contributed by atoms with Crippen LogP contribution in [0.2, 0.25) is 0 Å². The van der Waals surface area contributed by atoms with Crippen molar-refractivity contribution >= 4 is 11.9 Å². The van der Waals surface area contributed by atoms with E-state index in [4.69, 9.17) is 5.11 Å². The van der Waals surface area contributed by atoms with Gasteiger partial charge in [0.05, 0.1) is 12.5 Å². The number of carboxylic acid groups (broad SMARTS) is 1. The van der Waals surface area contributed by atoms with E-state index in [9.17, 15) is 14.0 Å². The summed E-state index contributed by atoms with van der Waals surface area (Å²) in [6.45, 7) is 0.521. The minimum absolute atomic E-state index is 0.0560. The molecule has 0 aromatic heterocycles. The Balaban J connectivity index is 2.03. The lowest BCUT2D eigenvalue weighted by molar-refractivity contribution is -0.137. The maximum absolute atomic E-state index is 13.1. The van der Waals surface area contributed by atoms with Gasteiger partial charge in [-0.15, -0.1) is 0 Å². The Hall–Kier alpha value is -1.95. The van der Waals surface area contributed by atoms with Crippen LogP contribution in [0.3, 0.4) is 0 Å². The van der Waals surface area contributed by atoms with Crippen LogP contribution in [0, 0.1) is 5.82 Å². The molecule has 1 aromatic carbocycles. The molecule has 0 fully saturated rings. The number of aliphatic carboxylic acids is 1. The van der Waals surface area contributed by atoms with Crippen molar-refractivity contribution in [2.24, 2.45) is 0 Å². The predicted octanol–water partition coefficient (Wildman–Crippen LogP) is 4.01. The van der Waals surface area contributed by atoms with Crippen molar-refractivity contribution < 1.29 is 19.1 Å². The Morgan fingerprint density at radius 3 is 2.32 bits per heavy atom. The zero-order valence-electron chi connectivity index (χ0n) is 17.3. The third-order valence-electron chi connectivity index (χ3n) is 4.63. The number of hydrogen-bond donors (Lipinski definition) is 2. The average Bonchev–Trinajstić information content (AvgIpc) is 2.59. The molecule has 0 saturated heterocycles. The lowest BCUT2D eigenvalue weighted by atomic mass is 10.0. The number of hydrogen-bond acceptors (Lipinski definition) is 3. The first-order valence-corrected chi connectivity index (χ1v) is 10.3. The third kappa shape index (κ3) is 12.4. The van der Waals surface area contributed by atoms with E-state index >= 15 is 0 Å². The van der Waals surface area contributed by atoms with E-state index in [-0.39, 0.29) is 24.2 Å².